The number of carbonyl (C=O) groups excluding carboxylic acids is 3. The lowest BCUT2D eigenvalue weighted by molar-refractivity contribution is -0.154. The largest absolute Gasteiger partial charge is 0.459 e. The molecule has 4 N–H and O–H groups in total. The number of amides is 1. The van der Waals surface area contributed by atoms with Crippen molar-refractivity contribution >= 4 is 23.9 Å². The maximum atomic E-state index is 11.6. The molecule has 0 aromatic carbocycles. The van der Waals surface area contributed by atoms with Crippen molar-refractivity contribution in [3.05, 3.63) is 0 Å². The molecule has 0 bridgehead atoms. The Morgan fingerprint density at radius 2 is 1.79 bits per heavy atom. The van der Waals surface area contributed by atoms with Crippen LogP contribution in [0.1, 0.15) is 66.7 Å². The molecule has 0 aliphatic carbocycles. The monoisotopic (exact) mass is 343 g/mol. The Kier molecular flexibility index (Phi) is 13.9. The maximum Gasteiger partial charge on any atom is 0.325 e. The van der Waals surface area contributed by atoms with Crippen LogP contribution < -0.4 is 11.1 Å². The van der Waals surface area contributed by atoms with Gasteiger partial charge in [0.2, 0.25) is 5.91 Å². The van der Waals surface area contributed by atoms with E-state index in [4.69, 9.17) is 15.9 Å². The molecular weight excluding hydrogens is 310 g/mol. The molecule has 0 aliphatic heterocycles. The van der Waals surface area contributed by atoms with Gasteiger partial charge in [-0.3, -0.25) is 14.4 Å². The van der Waals surface area contributed by atoms with Gasteiger partial charge in [0.1, 0.15) is 12.1 Å². The zero-order valence-corrected chi connectivity index (χ0v) is 15.6. The number of ketones is 1. The number of esters is 1. The van der Waals surface area contributed by atoms with Gasteiger partial charge in [-0.25, -0.2) is 0 Å². The number of nitrogens with two attached hydrogens (primary N) is 1. The lowest BCUT2D eigenvalue weighted by atomic mass is 10.1. The molecule has 1 unspecified atom stereocenters. The molecule has 1 atom stereocenters. The molecule has 0 saturated carbocycles. The first-order chi connectivity index (χ1) is 11.1. The van der Waals surface area contributed by atoms with E-state index in [2.05, 4.69) is 12.2 Å². The minimum Gasteiger partial charge on any atom is -0.459 e. The Balaban J connectivity index is 0. The Bertz CT molecular complexity index is 403. The SMILES string of the molecule is CCC(=O)C=N.CCCCCC(N)C(=O)NCC(=O)OC(C)(C)C. The third-order valence-electron chi connectivity index (χ3n) is 2.79. The third kappa shape index (κ3) is 16.6. The predicted octanol–water partition coefficient (Wildman–Crippen LogP) is 1.97. The molecule has 0 saturated heterocycles. The van der Waals surface area contributed by atoms with Crippen molar-refractivity contribution in [2.75, 3.05) is 6.54 Å². The molecule has 0 fully saturated rings. The molecule has 0 aromatic rings. The fourth-order valence-electron chi connectivity index (χ4n) is 1.52. The van der Waals surface area contributed by atoms with Crippen LogP contribution in [-0.2, 0) is 19.1 Å². The number of unbranched alkanes of at least 4 members (excludes halogenated alkanes) is 2. The molecule has 0 heterocycles. The van der Waals surface area contributed by atoms with Gasteiger partial charge in [0.05, 0.1) is 12.3 Å². The molecule has 0 aliphatic rings. The van der Waals surface area contributed by atoms with Crippen molar-refractivity contribution in [1.29, 1.82) is 5.41 Å². The van der Waals surface area contributed by atoms with Crippen molar-refractivity contribution in [2.24, 2.45) is 5.73 Å². The Hall–Kier alpha value is -1.76. The highest BCUT2D eigenvalue weighted by atomic mass is 16.6. The first-order valence-electron chi connectivity index (χ1n) is 8.35. The number of hydrogen-bond donors (Lipinski definition) is 3. The van der Waals surface area contributed by atoms with E-state index < -0.39 is 17.6 Å². The summed E-state index contributed by atoms with van der Waals surface area (Å²) in [5.41, 5.74) is 5.17. The Morgan fingerprint density at radius 3 is 2.17 bits per heavy atom. The van der Waals surface area contributed by atoms with Crippen molar-refractivity contribution in [2.45, 2.75) is 78.4 Å². The quantitative estimate of drug-likeness (QED) is 0.335. The molecule has 1 amide bonds. The van der Waals surface area contributed by atoms with Crippen LogP contribution in [0.5, 0.6) is 0 Å². The van der Waals surface area contributed by atoms with E-state index in [1.165, 1.54) is 0 Å². The molecule has 0 radical (unpaired) electrons. The molecule has 140 valence electrons. The van der Waals surface area contributed by atoms with Crippen molar-refractivity contribution in [3.8, 4) is 0 Å². The van der Waals surface area contributed by atoms with Gasteiger partial charge in [0, 0.05) is 6.42 Å². The second-order valence-electron chi connectivity index (χ2n) is 6.37. The number of hydrogen-bond acceptors (Lipinski definition) is 6. The van der Waals surface area contributed by atoms with E-state index in [0.29, 0.717) is 12.8 Å². The maximum absolute atomic E-state index is 11.6. The van der Waals surface area contributed by atoms with Gasteiger partial charge in [-0.15, -0.1) is 0 Å². The highest BCUT2D eigenvalue weighted by molar-refractivity contribution is 6.26. The third-order valence-corrected chi connectivity index (χ3v) is 2.79. The second-order valence-corrected chi connectivity index (χ2v) is 6.37. The van der Waals surface area contributed by atoms with E-state index in [1.807, 2.05) is 0 Å². The van der Waals surface area contributed by atoms with E-state index in [9.17, 15) is 14.4 Å². The predicted molar refractivity (Wildman–Crippen MR) is 95.1 cm³/mol. The van der Waals surface area contributed by atoms with Gasteiger partial charge in [-0.1, -0.05) is 33.1 Å². The summed E-state index contributed by atoms with van der Waals surface area (Å²) in [4.78, 5) is 32.9. The van der Waals surface area contributed by atoms with Crippen LogP contribution in [0, 0.1) is 5.41 Å². The van der Waals surface area contributed by atoms with Crippen LogP contribution in [-0.4, -0.2) is 42.1 Å². The molecule has 24 heavy (non-hydrogen) atoms. The average molecular weight is 343 g/mol. The van der Waals surface area contributed by atoms with Gasteiger partial charge in [0.25, 0.3) is 0 Å². The van der Waals surface area contributed by atoms with Crippen LogP contribution in [0.4, 0.5) is 0 Å². The number of nitrogens with one attached hydrogen (secondary N) is 2. The van der Waals surface area contributed by atoms with Gasteiger partial charge in [-0.2, -0.15) is 0 Å². The normalized spacial score (nSPS) is 11.6. The Morgan fingerprint density at radius 1 is 1.21 bits per heavy atom. The standard InChI is InChI=1S/C13H26N2O3.C4H7NO/c1-5-6-7-8-10(14)12(17)15-9-11(16)18-13(2,3)4;1-2-4(6)3-5/h10H,5-9,14H2,1-4H3,(H,15,17);3,5H,2H2,1H3. The summed E-state index contributed by atoms with van der Waals surface area (Å²) in [6, 6.07) is -0.543. The fourth-order valence-corrected chi connectivity index (χ4v) is 1.52. The lowest BCUT2D eigenvalue weighted by Crippen LogP contribution is -2.43. The fraction of sp³-hybridized carbons (Fsp3) is 0.765. The minimum absolute atomic E-state index is 0.116. The van der Waals surface area contributed by atoms with Crippen LogP contribution in [0.3, 0.4) is 0 Å². The topological polar surface area (TPSA) is 122 Å². The zero-order chi connectivity index (χ0) is 19.2. The summed E-state index contributed by atoms with van der Waals surface area (Å²) in [7, 11) is 0. The van der Waals surface area contributed by atoms with Crippen molar-refractivity contribution in [1.82, 2.24) is 5.32 Å². The smallest absolute Gasteiger partial charge is 0.325 e. The summed E-state index contributed by atoms with van der Waals surface area (Å²) in [5.74, 6) is -0.858. The molecule has 0 rings (SSSR count). The lowest BCUT2D eigenvalue weighted by Gasteiger charge is -2.20. The molecule has 7 heteroatoms. The van der Waals surface area contributed by atoms with Crippen LogP contribution in [0.15, 0.2) is 0 Å². The van der Waals surface area contributed by atoms with Gasteiger partial charge >= 0.3 is 5.97 Å². The summed E-state index contributed by atoms with van der Waals surface area (Å²) < 4.78 is 5.07. The van der Waals surface area contributed by atoms with Gasteiger partial charge in [-0.05, 0) is 27.2 Å². The van der Waals surface area contributed by atoms with Crippen LogP contribution in [0.25, 0.3) is 0 Å². The molecular formula is C17H33N3O4. The van der Waals surface area contributed by atoms with E-state index in [-0.39, 0.29) is 18.2 Å². The second kappa shape index (κ2) is 13.7. The van der Waals surface area contributed by atoms with Crippen LogP contribution in [0.2, 0.25) is 0 Å². The average Bonchev–Trinajstić information content (AvgIpc) is 2.50. The van der Waals surface area contributed by atoms with Crippen LogP contribution >= 0.6 is 0 Å². The van der Waals surface area contributed by atoms with Gasteiger partial charge in [0.15, 0.2) is 5.78 Å². The summed E-state index contributed by atoms with van der Waals surface area (Å²) in [5, 5.41) is 8.83. The first kappa shape index (κ1) is 24.5. The van der Waals surface area contributed by atoms with E-state index >= 15 is 0 Å². The van der Waals surface area contributed by atoms with Crippen molar-refractivity contribution in [3.63, 3.8) is 0 Å². The summed E-state index contributed by atoms with van der Waals surface area (Å²) >= 11 is 0. The summed E-state index contributed by atoms with van der Waals surface area (Å²) in [6.45, 7) is 9.04. The van der Waals surface area contributed by atoms with E-state index in [1.54, 1.807) is 27.7 Å². The highest BCUT2D eigenvalue weighted by Gasteiger charge is 2.18. The zero-order valence-electron chi connectivity index (χ0n) is 15.6. The minimum atomic E-state index is -0.543. The van der Waals surface area contributed by atoms with Gasteiger partial charge < -0.3 is 21.2 Å². The Labute approximate surface area is 145 Å². The van der Waals surface area contributed by atoms with E-state index in [0.717, 1.165) is 25.5 Å². The molecule has 0 aromatic heterocycles. The number of carbonyl (C=O) groups is 3. The summed E-state index contributed by atoms with van der Waals surface area (Å²) in [6.07, 6.45) is 5.01. The number of ether oxygens (including phenoxy) is 1. The first-order valence-corrected chi connectivity index (χ1v) is 8.35. The van der Waals surface area contributed by atoms with Crippen molar-refractivity contribution < 1.29 is 19.1 Å². The molecule has 7 nitrogen and oxygen atoms in total. The number of Topliss-reactive ketones (excluding diaryl/α,β-unsaturated/α-hetero) is 1. The number of rotatable bonds is 9. The highest BCUT2D eigenvalue weighted by Crippen LogP contribution is 2.06. The molecule has 0 spiro atoms.